The van der Waals surface area contributed by atoms with Crippen molar-refractivity contribution in [3.63, 3.8) is 0 Å². The fourth-order valence-electron chi connectivity index (χ4n) is 5.72. The van der Waals surface area contributed by atoms with Gasteiger partial charge in [-0.3, -0.25) is 0 Å². The molecule has 6 saturated heterocycles. The molecule has 6 rings (SSSR count). The summed E-state index contributed by atoms with van der Waals surface area (Å²) in [6.45, 7) is 8.99. The van der Waals surface area contributed by atoms with Crippen molar-refractivity contribution in [2.24, 2.45) is 0 Å². The summed E-state index contributed by atoms with van der Waals surface area (Å²) in [5.74, 6) is 0. The maximum absolute atomic E-state index is 6.42. The summed E-state index contributed by atoms with van der Waals surface area (Å²) < 4.78 is 67.4. The molecule has 0 N–H and O–H groups in total. The molecule has 0 bridgehead atoms. The van der Waals surface area contributed by atoms with Crippen LogP contribution in [0.3, 0.4) is 0 Å². The zero-order valence-electron chi connectivity index (χ0n) is 20.8. The van der Waals surface area contributed by atoms with Crippen LogP contribution in [0, 0.1) is 0 Å². The van der Waals surface area contributed by atoms with Gasteiger partial charge in [0.15, 0.2) is 12.6 Å². The highest BCUT2D eigenvalue weighted by atomic mass is 16.8. The first kappa shape index (κ1) is 25.1. The van der Waals surface area contributed by atoms with Gasteiger partial charge in [0.1, 0.15) is 36.6 Å². The van der Waals surface area contributed by atoms with Crippen molar-refractivity contribution in [2.75, 3.05) is 13.2 Å². The third-order valence-corrected chi connectivity index (χ3v) is 7.53. The highest BCUT2D eigenvalue weighted by molar-refractivity contribution is 6.46. The van der Waals surface area contributed by atoms with Crippen LogP contribution in [0.5, 0.6) is 0 Å². The minimum absolute atomic E-state index is 0.235. The number of hydrogen-bond acceptors (Lipinski definition) is 11. The Morgan fingerprint density at radius 3 is 1.29 bits per heavy atom. The molecule has 11 nitrogen and oxygen atoms in total. The molecule has 6 fully saturated rings. The second kappa shape index (κ2) is 10.5. The van der Waals surface area contributed by atoms with Crippen molar-refractivity contribution >= 4 is 28.5 Å². The Labute approximate surface area is 207 Å². The van der Waals surface area contributed by atoms with Crippen LogP contribution in [0.2, 0.25) is 25.3 Å². The topological polar surface area (TPSA) is 102 Å². The van der Waals surface area contributed by atoms with E-state index in [1.54, 1.807) is 0 Å². The smallest absolute Gasteiger partial charge is 0.408 e. The SMILES string of the molecule is CCB1OCC(C2OC(OC3OC(C4COB(CC)O4)C4OB(CC)OC34)C3OB(CC)OC23)O1. The highest BCUT2D eigenvalue weighted by Gasteiger charge is 2.62. The molecule has 0 radical (unpaired) electrons. The van der Waals surface area contributed by atoms with Gasteiger partial charge in [0, 0.05) is 0 Å². The molecule has 192 valence electrons. The van der Waals surface area contributed by atoms with E-state index >= 15 is 0 Å². The molecule has 0 aliphatic carbocycles. The summed E-state index contributed by atoms with van der Waals surface area (Å²) in [6, 6.07) is 0. The minimum Gasteiger partial charge on any atom is -0.408 e. The van der Waals surface area contributed by atoms with Crippen LogP contribution in [0.15, 0.2) is 0 Å². The first-order valence-corrected chi connectivity index (χ1v) is 13.2. The van der Waals surface area contributed by atoms with E-state index < -0.39 is 24.8 Å². The Bertz CT molecular complexity index is 683. The lowest BCUT2D eigenvalue weighted by Crippen LogP contribution is -2.39. The zero-order valence-corrected chi connectivity index (χ0v) is 20.8. The summed E-state index contributed by atoms with van der Waals surface area (Å²) in [7, 11) is -1.10. The van der Waals surface area contributed by atoms with Crippen molar-refractivity contribution in [1.29, 1.82) is 0 Å². The van der Waals surface area contributed by atoms with Crippen LogP contribution in [0.1, 0.15) is 27.7 Å². The molecule has 0 spiro atoms. The van der Waals surface area contributed by atoms with Gasteiger partial charge < -0.3 is 51.4 Å². The largest absolute Gasteiger partial charge is 0.457 e. The lowest BCUT2D eigenvalue weighted by Gasteiger charge is -2.26. The predicted octanol–water partition coefficient (Wildman–Crippen LogP) is 0.884. The molecule has 0 saturated carbocycles. The van der Waals surface area contributed by atoms with Gasteiger partial charge >= 0.3 is 28.5 Å². The van der Waals surface area contributed by atoms with Gasteiger partial charge in [0.2, 0.25) is 0 Å². The van der Waals surface area contributed by atoms with Crippen LogP contribution < -0.4 is 0 Å². The van der Waals surface area contributed by atoms with Crippen LogP contribution >= 0.6 is 0 Å². The number of rotatable bonds is 8. The Morgan fingerprint density at radius 2 is 0.914 bits per heavy atom. The molecule has 0 aromatic carbocycles. The minimum atomic E-state index is -0.705. The first-order valence-electron chi connectivity index (χ1n) is 13.2. The normalized spacial score (nSPS) is 45.3. The van der Waals surface area contributed by atoms with Crippen LogP contribution in [-0.4, -0.2) is 103 Å². The molecule has 6 aliphatic heterocycles. The van der Waals surface area contributed by atoms with E-state index in [-0.39, 0.29) is 65.1 Å². The van der Waals surface area contributed by atoms with E-state index in [1.807, 2.05) is 27.7 Å². The Hall–Kier alpha value is -0.180. The van der Waals surface area contributed by atoms with Gasteiger partial charge in [0.25, 0.3) is 0 Å². The molecule has 15 heteroatoms. The fourth-order valence-corrected chi connectivity index (χ4v) is 5.72. The van der Waals surface area contributed by atoms with E-state index in [2.05, 4.69) is 0 Å². The van der Waals surface area contributed by atoms with Crippen LogP contribution in [0.25, 0.3) is 0 Å². The second-order valence-electron chi connectivity index (χ2n) is 9.84. The molecule has 10 atom stereocenters. The number of fused-ring (bicyclic) bond motifs is 2. The summed E-state index contributed by atoms with van der Waals surface area (Å²) in [6.07, 6.45) is -1.10. The van der Waals surface area contributed by atoms with E-state index in [0.29, 0.717) is 13.2 Å². The zero-order chi connectivity index (χ0) is 24.1. The summed E-state index contributed by atoms with van der Waals surface area (Å²) in [5, 5.41) is 0. The monoisotopic (exact) mass is 494 g/mol. The standard InChI is InChI=1S/C20H34B4O11/c1-5-21-25-9-11(30-21)13-15-17(34-23(7-3)32-15)19(27-13)29-20-18-16(33-24(8-4)35-18)14(28-20)12-10-26-22(6-2)31-12/h11-20H,5-10H2,1-4H3. The maximum atomic E-state index is 6.42. The Morgan fingerprint density at radius 1 is 0.514 bits per heavy atom. The van der Waals surface area contributed by atoms with E-state index in [4.69, 9.17) is 51.4 Å². The van der Waals surface area contributed by atoms with Gasteiger partial charge in [-0.05, 0) is 25.3 Å². The molecule has 6 heterocycles. The lowest BCUT2D eigenvalue weighted by atomic mass is 9.86. The van der Waals surface area contributed by atoms with Gasteiger partial charge in [-0.1, -0.05) is 27.7 Å². The predicted molar refractivity (Wildman–Crippen MR) is 124 cm³/mol. The van der Waals surface area contributed by atoms with E-state index in [1.165, 1.54) is 0 Å². The Balaban J connectivity index is 1.17. The van der Waals surface area contributed by atoms with Gasteiger partial charge in [-0.15, -0.1) is 0 Å². The van der Waals surface area contributed by atoms with Crippen molar-refractivity contribution < 1.29 is 51.4 Å². The number of hydrogen-bond donors (Lipinski definition) is 0. The lowest BCUT2D eigenvalue weighted by molar-refractivity contribution is -0.270. The van der Waals surface area contributed by atoms with Gasteiger partial charge in [-0.2, -0.15) is 0 Å². The Kier molecular flexibility index (Phi) is 7.56. The average molecular weight is 494 g/mol. The summed E-state index contributed by atoms with van der Waals surface area (Å²) in [5.41, 5.74) is 0. The highest BCUT2D eigenvalue weighted by Crippen LogP contribution is 2.42. The third kappa shape index (κ3) is 4.65. The summed E-state index contributed by atoms with van der Waals surface area (Å²) >= 11 is 0. The molecule has 0 aromatic rings. The summed E-state index contributed by atoms with van der Waals surface area (Å²) in [4.78, 5) is 0. The molecule has 10 unspecified atom stereocenters. The molecule has 0 aromatic heterocycles. The second-order valence-corrected chi connectivity index (χ2v) is 9.84. The quantitative estimate of drug-likeness (QED) is 0.450. The third-order valence-electron chi connectivity index (χ3n) is 7.53. The first-order chi connectivity index (χ1) is 17.1. The van der Waals surface area contributed by atoms with Crippen molar-refractivity contribution in [2.45, 2.75) is 114 Å². The fraction of sp³-hybridized carbons (Fsp3) is 1.00. The van der Waals surface area contributed by atoms with Gasteiger partial charge in [0.05, 0.1) is 25.4 Å². The average Bonchev–Trinajstić information content (AvgIpc) is 3.70. The van der Waals surface area contributed by atoms with E-state index in [0.717, 1.165) is 25.3 Å². The van der Waals surface area contributed by atoms with E-state index in [9.17, 15) is 0 Å². The number of ether oxygens (including phenoxy) is 3. The molecule has 6 aliphatic rings. The van der Waals surface area contributed by atoms with Crippen LogP contribution in [-0.2, 0) is 51.4 Å². The maximum Gasteiger partial charge on any atom is 0.457 e. The van der Waals surface area contributed by atoms with Gasteiger partial charge in [-0.25, -0.2) is 0 Å². The van der Waals surface area contributed by atoms with Crippen LogP contribution in [0.4, 0.5) is 0 Å². The molecular formula is C20H34B4O11. The molecule has 0 amide bonds. The molecular weight excluding hydrogens is 459 g/mol. The van der Waals surface area contributed by atoms with Crippen molar-refractivity contribution in [3.05, 3.63) is 0 Å². The van der Waals surface area contributed by atoms with Crippen molar-refractivity contribution in [3.8, 4) is 0 Å². The molecule has 35 heavy (non-hydrogen) atoms. The van der Waals surface area contributed by atoms with Crippen molar-refractivity contribution in [1.82, 2.24) is 0 Å².